The van der Waals surface area contributed by atoms with E-state index in [-0.39, 0.29) is 5.60 Å². The van der Waals surface area contributed by atoms with E-state index in [4.69, 9.17) is 9.72 Å². The van der Waals surface area contributed by atoms with Crippen molar-refractivity contribution in [3.05, 3.63) is 47.9 Å². The molecule has 1 aromatic heterocycles. The van der Waals surface area contributed by atoms with Crippen molar-refractivity contribution in [3.8, 4) is 11.3 Å². The van der Waals surface area contributed by atoms with Gasteiger partial charge < -0.3 is 4.74 Å². The van der Waals surface area contributed by atoms with Crippen LogP contribution in [0.5, 0.6) is 0 Å². The zero-order chi connectivity index (χ0) is 16.4. The molecule has 0 radical (unpaired) electrons. The van der Waals surface area contributed by atoms with E-state index in [0.717, 1.165) is 49.0 Å². The minimum absolute atomic E-state index is 0.102. The second-order valence-corrected chi connectivity index (χ2v) is 7.13. The molecular weight excluding hydrogens is 298 g/mol. The summed E-state index contributed by atoms with van der Waals surface area (Å²) in [6, 6.07) is 12.4. The highest BCUT2D eigenvalue weighted by Crippen LogP contribution is 2.36. The first-order valence-electron chi connectivity index (χ1n) is 8.99. The fourth-order valence-corrected chi connectivity index (χ4v) is 4.04. The third-order valence-corrected chi connectivity index (χ3v) is 5.18. The van der Waals surface area contributed by atoms with Crippen LogP contribution in [0.4, 0.5) is 0 Å². The summed E-state index contributed by atoms with van der Waals surface area (Å²) >= 11 is 0. The summed E-state index contributed by atoms with van der Waals surface area (Å²) in [4.78, 5) is 12.0. The number of benzene rings is 1. The fraction of sp³-hybridized carbons (Fsp3) is 0.500. The van der Waals surface area contributed by atoms with Crippen LogP contribution in [-0.4, -0.2) is 40.2 Å². The molecule has 24 heavy (non-hydrogen) atoms. The van der Waals surface area contributed by atoms with Crippen LogP contribution in [0.3, 0.4) is 0 Å². The molecule has 2 aliphatic rings. The van der Waals surface area contributed by atoms with E-state index in [9.17, 15) is 0 Å². The molecule has 1 saturated heterocycles. The first-order chi connectivity index (χ1) is 11.7. The van der Waals surface area contributed by atoms with Gasteiger partial charge in [-0.2, -0.15) is 0 Å². The maximum absolute atomic E-state index is 6.13. The molecule has 1 aromatic carbocycles. The molecule has 0 unspecified atom stereocenters. The molecule has 2 aromatic rings. The van der Waals surface area contributed by atoms with E-state index in [1.165, 1.54) is 25.7 Å². The summed E-state index contributed by atoms with van der Waals surface area (Å²) in [5.41, 5.74) is 3.30. The van der Waals surface area contributed by atoms with Crippen LogP contribution in [0.25, 0.3) is 11.3 Å². The van der Waals surface area contributed by atoms with E-state index >= 15 is 0 Å². The lowest BCUT2D eigenvalue weighted by Gasteiger charge is -2.40. The van der Waals surface area contributed by atoms with Crippen molar-refractivity contribution >= 4 is 0 Å². The number of hydrogen-bond donors (Lipinski definition) is 0. The Morgan fingerprint density at radius 3 is 2.71 bits per heavy atom. The molecule has 4 heteroatoms. The first-order valence-corrected chi connectivity index (χ1v) is 8.99. The van der Waals surface area contributed by atoms with Gasteiger partial charge in [0.05, 0.1) is 24.4 Å². The molecule has 2 heterocycles. The molecule has 1 spiro atoms. The van der Waals surface area contributed by atoms with Crippen molar-refractivity contribution in [2.24, 2.45) is 0 Å². The Kier molecular flexibility index (Phi) is 4.33. The van der Waals surface area contributed by atoms with Crippen molar-refractivity contribution in [1.29, 1.82) is 0 Å². The number of nitrogens with zero attached hydrogens (tertiary/aromatic N) is 3. The first kappa shape index (κ1) is 15.7. The van der Waals surface area contributed by atoms with Crippen molar-refractivity contribution in [2.75, 3.05) is 19.7 Å². The predicted molar refractivity (Wildman–Crippen MR) is 94.6 cm³/mol. The monoisotopic (exact) mass is 323 g/mol. The van der Waals surface area contributed by atoms with E-state index < -0.39 is 0 Å². The van der Waals surface area contributed by atoms with Crippen LogP contribution >= 0.6 is 0 Å². The third kappa shape index (κ3) is 3.35. The highest BCUT2D eigenvalue weighted by molar-refractivity contribution is 5.58. The molecule has 4 nitrogen and oxygen atoms in total. The highest BCUT2D eigenvalue weighted by atomic mass is 16.5. The Bertz CT molecular complexity index is 695. The molecule has 126 valence electrons. The van der Waals surface area contributed by atoms with Gasteiger partial charge in [0.25, 0.3) is 0 Å². The van der Waals surface area contributed by atoms with Crippen LogP contribution in [0.15, 0.2) is 36.4 Å². The maximum atomic E-state index is 6.13. The quantitative estimate of drug-likeness (QED) is 0.865. The number of rotatable bonds is 3. The SMILES string of the molecule is Cc1cc(-c2ccccc2)nc(CN2CCOC3(CCCC3)C2)n1. The maximum Gasteiger partial charge on any atom is 0.143 e. The van der Waals surface area contributed by atoms with Gasteiger partial charge in [0.15, 0.2) is 0 Å². The Hall–Kier alpha value is -1.78. The van der Waals surface area contributed by atoms with Gasteiger partial charge in [0, 0.05) is 24.3 Å². The molecule has 1 aliphatic carbocycles. The summed E-state index contributed by atoms with van der Waals surface area (Å²) in [5.74, 6) is 0.920. The van der Waals surface area contributed by atoms with E-state index in [0.29, 0.717) is 0 Å². The third-order valence-electron chi connectivity index (χ3n) is 5.18. The zero-order valence-electron chi connectivity index (χ0n) is 14.4. The average Bonchev–Trinajstić information content (AvgIpc) is 3.03. The second-order valence-electron chi connectivity index (χ2n) is 7.13. The van der Waals surface area contributed by atoms with Gasteiger partial charge in [-0.25, -0.2) is 9.97 Å². The van der Waals surface area contributed by atoms with Gasteiger partial charge in [-0.15, -0.1) is 0 Å². The van der Waals surface area contributed by atoms with Gasteiger partial charge in [0.2, 0.25) is 0 Å². The largest absolute Gasteiger partial charge is 0.372 e. The van der Waals surface area contributed by atoms with Crippen LogP contribution < -0.4 is 0 Å². The number of morpholine rings is 1. The lowest BCUT2D eigenvalue weighted by Crippen LogP contribution is -2.50. The molecule has 1 aliphatic heterocycles. The average molecular weight is 323 g/mol. The van der Waals surface area contributed by atoms with Crippen LogP contribution in [0, 0.1) is 6.92 Å². The van der Waals surface area contributed by atoms with Crippen molar-refractivity contribution < 1.29 is 4.74 Å². The summed E-state index contributed by atoms with van der Waals surface area (Å²) in [6.45, 7) is 5.68. The zero-order valence-corrected chi connectivity index (χ0v) is 14.4. The standard InChI is InChI=1S/C20H25N3O/c1-16-13-18(17-7-3-2-4-8-17)22-19(21-16)14-23-11-12-24-20(15-23)9-5-6-10-20/h2-4,7-8,13H,5-6,9-12,14-15H2,1H3. The Labute approximate surface area is 143 Å². The number of aryl methyl sites for hydroxylation is 1. The van der Waals surface area contributed by atoms with Crippen LogP contribution in [-0.2, 0) is 11.3 Å². The van der Waals surface area contributed by atoms with Gasteiger partial charge in [0.1, 0.15) is 5.82 Å². The van der Waals surface area contributed by atoms with Crippen molar-refractivity contribution in [1.82, 2.24) is 14.9 Å². The highest BCUT2D eigenvalue weighted by Gasteiger charge is 2.39. The van der Waals surface area contributed by atoms with Crippen molar-refractivity contribution in [2.45, 2.75) is 44.8 Å². The van der Waals surface area contributed by atoms with Crippen LogP contribution in [0.1, 0.15) is 37.2 Å². The number of ether oxygens (including phenoxy) is 1. The van der Waals surface area contributed by atoms with Gasteiger partial charge in [-0.05, 0) is 25.8 Å². The lowest BCUT2D eigenvalue weighted by molar-refractivity contribution is -0.107. The normalized spacial score (nSPS) is 20.5. The Morgan fingerprint density at radius 1 is 1.12 bits per heavy atom. The predicted octanol–water partition coefficient (Wildman–Crippen LogP) is 3.60. The van der Waals surface area contributed by atoms with Crippen molar-refractivity contribution in [3.63, 3.8) is 0 Å². The molecule has 4 rings (SSSR count). The van der Waals surface area contributed by atoms with Crippen LogP contribution in [0.2, 0.25) is 0 Å². The minimum Gasteiger partial charge on any atom is -0.372 e. The Morgan fingerprint density at radius 2 is 1.92 bits per heavy atom. The Balaban J connectivity index is 1.53. The van der Waals surface area contributed by atoms with E-state index in [1.54, 1.807) is 0 Å². The molecule has 0 N–H and O–H groups in total. The lowest BCUT2D eigenvalue weighted by atomic mass is 10.00. The molecule has 1 saturated carbocycles. The van der Waals surface area contributed by atoms with Gasteiger partial charge in [-0.1, -0.05) is 43.2 Å². The summed E-state index contributed by atoms with van der Waals surface area (Å²) in [7, 11) is 0. The molecular formula is C20H25N3O. The van der Waals surface area contributed by atoms with E-state index in [1.807, 2.05) is 6.07 Å². The smallest absolute Gasteiger partial charge is 0.143 e. The van der Waals surface area contributed by atoms with Gasteiger partial charge >= 0.3 is 0 Å². The van der Waals surface area contributed by atoms with E-state index in [2.05, 4.69) is 47.1 Å². The summed E-state index contributed by atoms with van der Waals surface area (Å²) < 4.78 is 6.13. The molecule has 0 atom stereocenters. The molecule has 2 fully saturated rings. The summed E-state index contributed by atoms with van der Waals surface area (Å²) in [5, 5.41) is 0. The summed E-state index contributed by atoms with van der Waals surface area (Å²) in [6.07, 6.45) is 5.00. The topological polar surface area (TPSA) is 38.2 Å². The second kappa shape index (κ2) is 6.61. The molecule has 0 amide bonds. The van der Waals surface area contributed by atoms with Gasteiger partial charge in [-0.3, -0.25) is 4.90 Å². The fourth-order valence-electron chi connectivity index (χ4n) is 4.04. The number of hydrogen-bond acceptors (Lipinski definition) is 4. The minimum atomic E-state index is 0.102. The molecule has 0 bridgehead atoms. The number of aromatic nitrogens is 2.